The summed E-state index contributed by atoms with van der Waals surface area (Å²) in [6.45, 7) is 4.54. The summed E-state index contributed by atoms with van der Waals surface area (Å²) >= 11 is 1.24. The molecule has 1 amide bonds. The van der Waals surface area contributed by atoms with Gasteiger partial charge in [-0.25, -0.2) is 4.79 Å². The third kappa shape index (κ3) is 8.52. The summed E-state index contributed by atoms with van der Waals surface area (Å²) in [5.74, 6) is -1.01. The van der Waals surface area contributed by atoms with Crippen LogP contribution >= 0.6 is 11.3 Å². The number of amides is 1. The number of hydrogen-bond donors (Lipinski definition) is 0. The third-order valence-electron chi connectivity index (χ3n) is 5.48. The van der Waals surface area contributed by atoms with Crippen molar-refractivity contribution >= 4 is 33.6 Å². The Balaban J connectivity index is 1.87. The van der Waals surface area contributed by atoms with Crippen molar-refractivity contribution in [2.24, 2.45) is 4.99 Å². The molecule has 0 bridgehead atoms. The molecule has 3 aromatic rings. The van der Waals surface area contributed by atoms with Gasteiger partial charge in [0.15, 0.2) is 4.80 Å². The van der Waals surface area contributed by atoms with Crippen LogP contribution in [-0.2, 0) is 22.2 Å². The van der Waals surface area contributed by atoms with Crippen molar-refractivity contribution in [2.75, 3.05) is 33.9 Å². The maximum absolute atomic E-state index is 13.5. The fourth-order valence-electron chi connectivity index (χ4n) is 3.43. The van der Waals surface area contributed by atoms with E-state index in [-0.39, 0.29) is 24.5 Å². The van der Waals surface area contributed by atoms with Crippen LogP contribution in [0.2, 0.25) is 0 Å². The highest BCUT2D eigenvalue weighted by molar-refractivity contribution is 7.16. The molecule has 0 radical (unpaired) electrons. The number of pyridine rings is 1. The average Bonchev–Trinajstić information content (AvgIpc) is 3.21. The second-order valence-electron chi connectivity index (χ2n) is 9.00. The number of thiazole rings is 1. The lowest BCUT2D eigenvalue weighted by molar-refractivity contribution is -0.137. The zero-order valence-corrected chi connectivity index (χ0v) is 23.0. The topological polar surface area (TPSA) is 95.3 Å². The average molecular weight is 569 g/mol. The minimum atomic E-state index is -4.68. The lowest BCUT2D eigenvalue weighted by Crippen LogP contribution is -2.25. The molecule has 0 aliphatic heterocycles. The Morgan fingerprint density at radius 2 is 2.00 bits per heavy atom. The van der Waals surface area contributed by atoms with Gasteiger partial charge in [0.1, 0.15) is 25.1 Å². The van der Waals surface area contributed by atoms with E-state index in [1.165, 1.54) is 18.3 Å². The fourth-order valence-corrected chi connectivity index (χ4v) is 4.45. The summed E-state index contributed by atoms with van der Waals surface area (Å²) in [5.41, 5.74) is -0.587. The Bertz CT molecular complexity index is 1350. The van der Waals surface area contributed by atoms with E-state index in [2.05, 4.69) is 9.98 Å². The Hall–Kier alpha value is -3.45. The largest absolute Gasteiger partial charge is 0.508 e. The van der Waals surface area contributed by atoms with Crippen LogP contribution in [0.1, 0.15) is 42.6 Å². The van der Waals surface area contributed by atoms with E-state index in [1.807, 2.05) is 30.5 Å². The normalized spacial score (nSPS) is 13.1. The van der Waals surface area contributed by atoms with E-state index >= 15 is 0 Å². The van der Waals surface area contributed by atoms with Crippen LogP contribution in [0.5, 0.6) is 5.75 Å². The summed E-state index contributed by atoms with van der Waals surface area (Å²) in [6.07, 6.45) is -1.38. The lowest BCUT2D eigenvalue weighted by atomic mass is 10.1. The number of halogens is 3. The van der Waals surface area contributed by atoms with Crippen LogP contribution in [0, 0.1) is 0 Å². The molecule has 2 heterocycles. The number of aryl methyl sites for hydroxylation is 1. The first kappa shape index (κ1) is 30.1. The van der Waals surface area contributed by atoms with Crippen molar-refractivity contribution in [1.82, 2.24) is 14.5 Å². The number of unbranched alkanes of at least 4 members (excludes halogenated alkanes) is 1. The SMILES string of the molecule is CCCCn1c(=NC(=O)c2cc(C(F)(F)F)ccc2OC[C@H](C)OC(=O)OCCN(C)C)sc2ccncc21. The number of likely N-dealkylation sites (N-methyl/N-ethyl adjacent to an activating group) is 1. The highest BCUT2D eigenvalue weighted by Crippen LogP contribution is 2.33. The summed E-state index contributed by atoms with van der Waals surface area (Å²) in [5, 5.41) is 0. The molecule has 1 aromatic carbocycles. The molecular weight excluding hydrogens is 537 g/mol. The number of rotatable bonds is 11. The number of fused-ring (bicyclic) bond motifs is 1. The van der Waals surface area contributed by atoms with Gasteiger partial charge in [-0.15, -0.1) is 0 Å². The number of aromatic nitrogens is 2. The van der Waals surface area contributed by atoms with Gasteiger partial charge in [0.2, 0.25) is 0 Å². The number of nitrogens with zero attached hydrogens (tertiary/aromatic N) is 4. The van der Waals surface area contributed by atoms with Crippen LogP contribution in [0.15, 0.2) is 41.7 Å². The minimum absolute atomic E-state index is 0.115. The quantitative estimate of drug-likeness (QED) is 0.296. The van der Waals surface area contributed by atoms with E-state index in [0.717, 1.165) is 35.2 Å². The number of carbonyl (C=O) groups is 2. The van der Waals surface area contributed by atoms with Crippen LogP contribution in [0.4, 0.5) is 18.0 Å². The first-order valence-electron chi connectivity index (χ1n) is 12.3. The van der Waals surface area contributed by atoms with E-state index in [4.69, 9.17) is 14.2 Å². The number of benzene rings is 1. The maximum atomic E-state index is 13.5. The monoisotopic (exact) mass is 568 g/mol. The maximum Gasteiger partial charge on any atom is 0.508 e. The number of alkyl halides is 3. The minimum Gasteiger partial charge on any atom is -0.489 e. The molecule has 0 N–H and O–H groups in total. The Labute approximate surface area is 227 Å². The van der Waals surface area contributed by atoms with Gasteiger partial charge >= 0.3 is 12.3 Å². The van der Waals surface area contributed by atoms with Crippen molar-refractivity contribution < 1.29 is 37.0 Å². The van der Waals surface area contributed by atoms with Gasteiger partial charge in [0.05, 0.1) is 27.5 Å². The second-order valence-corrected chi connectivity index (χ2v) is 10.0. The predicted octanol–water partition coefficient (Wildman–Crippen LogP) is 5.14. The molecule has 0 unspecified atom stereocenters. The summed E-state index contributed by atoms with van der Waals surface area (Å²) < 4.78 is 58.8. The Morgan fingerprint density at radius 1 is 1.23 bits per heavy atom. The Kier molecular flexibility index (Phi) is 10.5. The second kappa shape index (κ2) is 13.6. The molecule has 0 saturated heterocycles. The van der Waals surface area contributed by atoms with Crippen molar-refractivity contribution in [2.45, 2.75) is 45.5 Å². The molecule has 0 aliphatic rings. The first-order chi connectivity index (χ1) is 18.5. The van der Waals surface area contributed by atoms with Crippen molar-refractivity contribution in [3.8, 4) is 5.75 Å². The number of carbonyl (C=O) groups excluding carboxylic acids is 2. The molecule has 1 atom stereocenters. The molecule has 39 heavy (non-hydrogen) atoms. The van der Waals surface area contributed by atoms with Gasteiger partial charge in [-0.2, -0.15) is 18.2 Å². The molecule has 3 rings (SSSR count). The molecule has 0 aliphatic carbocycles. The summed E-state index contributed by atoms with van der Waals surface area (Å²) in [6, 6.07) is 4.39. The summed E-state index contributed by atoms with van der Waals surface area (Å²) in [4.78, 5) is 35.6. The predicted molar refractivity (Wildman–Crippen MR) is 140 cm³/mol. The van der Waals surface area contributed by atoms with Crippen molar-refractivity contribution in [3.63, 3.8) is 0 Å². The zero-order chi connectivity index (χ0) is 28.6. The number of ether oxygens (including phenoxy) is 3. The molecule has 0 fully saturated rings. The molecule has 13 heteroatoms. The van der Waals surface area contributed by atoms with E-state index in [9.17, 15) is 22.8 Å². The van der Waals surface area contributed by atoms with Crippen LogP contribution < -0.4 is 9.54 Å². The van der Waals surface area contributed by atoms with Gasteiger partial charge in [-0.05, 0) is 51.7 Å². The van der Waals surface area contributed by atoms with E-state index in [1.54, 1.807) is 18.5 Å². The molecule has 212 valence electrons. The standard InChI is InChI=1S/C26H31F3N4O5S/c1-5-6-11-33-20-15-30-10-9-22(20)39-24(33)31-23(34)19-14-18(26(27,28)29)7-8-21(19)37-16-17(2)38-25(35)36-13-12-32(3)4/h7-10,14-15,17H,5-6,11-13,16H2,1-4H3/t17-/m0/s1. The molecule has 0 spiro atoms. The molecule has 9 nitrogen and oxygen atoms in total. The van der Waals surface area contributed by atoms with Gasteiger partial charge in [-0.3, -0.25) is 9.78 Å². The zero-order valence-electron chi connectivity index (χ0n) is 22.2. The van der Waals surface area contributed by atoms with E-state index in [0.29, 0.717) is 24.0 Å². The fraction of sp³-hybridized carbons (Fsp3) is 0.462. The molecular formula is C26H31F3N4O5S. The van der Waals surface area contributed by atoms with Crippen molar-refractivity contribution in [1.29, 1.82) is 0 Å². The van der Waals surface area contributed by atoms with Gasteiger partial charge < -0.3 is 23.7 Å². The van der Waals surface area contributed by atoms with Crippen LogP contribution in [0.3, 0.4) is 0 Å². The third-order valence-corrected chi connectivity index (χ3v) is 6.54. The molecule has 2 aromatic heterocycles. The van der Waals surface area contributed by atoms with Gasteiger partial charge in [0.25, 0.3) is 5.91 Å². The smallest absolute Gasteiger partial charge is 0.489 e. The van der Waals surface area contributed by atoms with E-state index < -0.39 is 29.9 Å². The first-order valence-corrected chi connectivity index (χ1v) is 13.2. The van der Waals surface area contributed by atoms with Gasteiger partial charge in [0, 0.05) is 19.3 Å². The Morgan fingerprint density at radius 3 is 2.69 bits per heavy atom. The highest BCUT2D eigenvalue weighted by atomic mass is 32.1. The van der Waals surface area contributed by atoms with Crippen molar-refractivity contribution in [3.05, 3.63) is 52.6 Å². The summed E-state index contributed by atoms with van der Waals surface area (Å²) in [7, 11) is 3.64. The number of hydrogen-bond acceptors (Lipinski definition) is 8. The van der Waals surface area contributed by atoms with Crippen LogP contribution in [-0.4, -0.2) is 66.5 Å². The molecule has 0 saturated carbocycles. The highest BCUT2D eigenvalue weighted by Gasteiger charge is 2.32. The van der Waals surface area contributed by atoms with Crippen LogP contribution in [0.25, 0.3) is 10.2 Å². The lowest BCUT2D eigenvalue weighted by Gasteiger charge is -2.17. The van der Waals surface area contributed by atoms with Gasteiger partial charge in [-0.1, -0.05) is 24.7 Å².